The van der Waals surface area contributed by atoms with Gasteiger partial charge in [0.05, 0.1) is 16.3 Å². The lowest BCUT2D eigenvalue weighted by Crippen LogP contribution is -2.21. The molecular formula is C16H15ClN2O3S. The van der Waals surface area contributed by atoms with Gasteiger partial charge in [0.15, 0.2) is 6.61 Å². The minimum Gasteiger partial charge on any atom is -0.452 e. The van der Waals surface area contributed by atoms with Crippen LogP contribution in [-0.2, 0) is 9.53 Å². The van der Waals surface area contributed by atoms with Gasteiger partial charge < -0.3 is 10.1 Å². The zero-order chi connectivity index (χ0) is 16.8. The first-order chi connectivity index (χ1) is 11.0. The lowest BCUT2D eigenvalue weighted by Gasteiger charge is -2.09. The average molecular weight is 351 g/mol. The summed E-state index contributed by atoms with van der Waals surface area (Å²) in [7, 11) is 0. The van der Waals surface area contributed by atoms with Gasteiger partial charge in [0, 0.05) is 6.20 Å². The molecule has 0 aliphatic heterocycles. The third-order valence-electron chi connectivity index (χ3n) is 2.92. The number of rotatable bonds is 5. The Balaban J connectivity index is 1.95. The molecule has 0 fully saturated rings. The van der Waals surface area contributed by atoms with Crippen molar-refractivity contribution in [1.82, 2.24) is 4.98 Å². The van der Waals surface area contributed by atoms with Crippen LogP contribution in [0.1, 0.15) is 15.9 Å². The Morgan fingerprint density at radius 3 is 2.83 bits per heavy atom. The van der Waals surface area contributed by atoms with Crippen molar-refractivity contribution in [2.24, 2.45) is 0 Å². The number of carbonyl (C=O) groups is 2. The lowest BCUT2D eigenvalue weighted by molar-refractivity contribution is -0.119. The molecule has 2 aromatic rings. The van der Waals surface area contributed by atoms with Crippen LogP contribution >= 0.6 is 23.4 Å². The molecule has 0 atom stereocenters. The van der Waals surface area contributed by atoms with E-state index in [4.69, 9.17) is 16.3 Å². The van der Waals surface area contributed by atoms with Crippen LogP contribution in [0.5, 0.6) is 0 Å². The Kier molecular flexibility index (Phi) is 6.01. The fourth-order valence-corrected chi connectivity index (χ4v) is 2.65. The number of hydrogen-bond donors (Lipinski definition) is 1. The lowest BCUT2D eigenvalue weighted by atomic mass is 10.2. The number of carbonyl (C=O) groups excluding carboxylic acids is 2. The highest BCUT2D eigenvalue weighted by Crippen LogP contribution is 2.22. The highest BCUT2D eigenvalue weighted by Gasteiger charge is 2.15. The van der Waals surface area contributed by atoms with E-state index in [0.29, 0.717) is 21.3 Å². The molecule has 23 heavy (non-hydrogen) atoms. The molecule has 5 nitrogen and oxygen atoms in total. The minimum atomic E-state index is -0.590. The fourth-order valence-electron chi connectivity index (χ4n) is 1.83. The van der Waals surface area contributed by atoms with Gasteiger partial charge in [-0.1, -0.05) is 17.7 Å². The van der Waals surface area contributed by atoms with Crippen molar-refractivity contribution in [3.8, 4) is 0 Å². The summed E-state index contributed by atoms with van der Waals surface area (Å²) in [5.74, 6) is -1.05. The van der Waals surface area contributed by atoms with E-state index >= 15 is 0 Å². The zero-order valence-electron chi connectivity index (χ0n) is 12.6. The largest absolute Gasteiger partial charge is 0.452 e. The Labute approximate surface area is 143 Å². The highest BCUT2D eigenvalue weighted by molar-refractivity contribution is 7.98. The molecule has 0 radical (unpaired) electrons. The molecule has 1 aromatic carbocycles. The van der Waals surface area contributed by atoms with E-state index in [1.807, 2.05) is 19.2 Å². The first-order valence-electron chi connectivity index (χ1n) is 6.73. The Hall–Kier alpha value is -2.05. The van der Waals surface area contributed by atoms with E-state index in [1.54, 1.807) is 30.5 Å². The number of anilines is 1. The molecule has 1 amide bonds. The number of amides is 1. The first kappa shape index (κ1) is 17.3. The molecule has 0 unspecified atom stereocenters. The second-order valence-corrected chi connectivity index (χ2v) is 5.87. The van der Waals surface area contributed by atoms with Gasteiger partial charge in [0.1, 0.15) is 5.03 Å². The number of thioether (sulfide) groups is 1. The second-order valence-electron chi connectivity index (χ2n) is 4.67. The van der Waals surface area contributed by atoms with Crippen molar-refractivity contribution in [2.75, 3.05) is 18.2 Å². The molecule has 120 valence electrons. The quantitative estimate of drug-likeness (QED) is 0.659. The van der Waals surface area contributed by atoms with Gasteiger partial charge in [-0.3, -0.25) is 4.79 Å². The number of nitrogens with one attached hydrogen (secondary N) is 1. The number of aromatic nitrogens is 1. The second kappa shape index (κ2) is 7.99. The van der Waals surface area contributed by atoms with Crippen LogP contribution in [0.3, 0.4) is 0 Å². The number of benzene rings is 1. The van der Waals surface area contributed by atoms with Crippen molar-refractivity contribution < 1.29 is 14.3 Å². The van der Waals surface area contributed by atoms with Crippen LogP contribution in [0, 0.1) is 6.92 Å². The van der Waals surface area contributed by atoms with E-state index in [2.05, 4.69) is 10.3 Å². The SMILES string of the molecule is CSc1ncccc1C(=O)OCC(=O)Nc1ccc(C)cc1Cl. The van der Waals surface area contributed by atoms with Crippen LogP contribution in [0.2, 0.25) is 5.02 Å². The maximum atomic E-state index is 12.0. The summed E-state index contributed by atoms with van der Waals surface area (Å²) in [4.78, 5) is 28.0. The summed E-state index contributed by atoms with van der Waals surface area (Å²) in [6.45, 7) is 1.50. The molecule has 1 aromatic heterocycles. The number of halogens is 1. The number of nitrogens with zero attached hydrogens (tertiary/aromatic N) is 1. The summed E-state index contributed by atoms with van der Waals surface area (Å²) < 4.78 is 5.02. The summed E-state index contributed by atoms with van der Waals surface area (Å²) in [5.41, 5.74) is 1.80. The molecular weight excluding hydrogens is 336 g/mol. The highest BCUT2D eigenvalue weighted by atomic mass is 35.5. The summed E-state index contributed by atoms with van der Waals surface area (Å²) in [5, 5.41) is 3.59. The Morgan fingerprint density at radius 1 is 1.35 bits per heavy atom. The third kappa shape index (κ3) is 4.71. The first-order valence-corrected chi connectivity index (χ1v) is 8.33. The van der Waals surface area contributed by atoms with Gasteiger partial charge in [0.2, 0.25) is 0 Å². The topological polar surface area (TPSA) is 68.3 Å². The summed E-state index contributed by atoms with van der Waals surface area (Å²) >= 11 is 7.37. The van der Waals surface area contributed by atoms with Crippen LogP contribution in [0.25, 0.3) is 0 Å². The smallest absolute Gasteiger partial charge is 0.341 e. The molecule has 0 aliphatic rings. The third-order valence-corrected chi connectivity index (χ3v) is 3.94. The number of aryl methyl sites for hydroxylation is 1. The standard InChI is InChI=1S/C16H15ClN2O3S/c1-10-5-6-13(12(17)8-10)19-14(20)9-22-16(21)11-4-3-7-18-15(11)23-2/h3-8H,9H2,1-2H3,(H,19,20). The van der Waals surface area contributed by atoms with Gasteiger partial charge in [-0.05, 0) is 43.0 Å². The van der Waals surface area contributed by atoms with Crippen LogP contribution in [0.4, 0.5) is 5.69 Å². The minimum absolute atomic E-state index is 0.334. The predicted octanol–water partition coefficient (Wildman–Crippen LogP) is 3.56. The Bertz CT molecular complexity index is 737. The van der Waals surface area contributed by atoms with Crippen molar-refractivity contribution >= 4 is 40.9 Å². The van der Waals surface area contributed by atoms with Crippen molar-refractivity contribution in [3.05, 3.63) is 52.7 Å². The molecule has 0 aliphatic carbocycles. The molecule has 1 heterocycles. The molecule has 0 saturated heterocycles. The monoisotopic (exact) mass is 350 g/mol. The van der Waals surface area contributed by atoms with Crippen molar-refractivity contribution in [3.63, 3.8) is 0 Å². The van der Waals surface area contributed by atoms with Crippen molar-refractivity contribution in [1.29, 1.82) is 0 Å². The van der Waals surface area contributed by atoms with E-state index in [-0.39, 0.29) is 0 Å². The van der Waals surface area contributed by atoms with E-state index in [9.17, 15) is 9.59 Å². The van der Waals surface area contributed by atoms with Gasteiger partial charge in [-0.25, -0.2) is 9.78 Å². The van der Waals surface area contributed by atoms with Crippen LogP contribution in [0.15, 0.2) is 41.6 Å². The van der Waals surface area contributed by atoms with Gasteiger partial charge in [-0.15, -0.1) is 11.8 Å². The van der Waals surface area contributed by atoms with E-state index in [0.717, 1.165) is 5.56 Å². The number of ether oxygens (including phenoxy) is 1. The van der Waals surface area contributed by atoms with Gasteiger partial charge in [-0.2, -0.15) is 0 Å². The molecule has 2 rings (SSSR count). The summed E-state index contributed by atoms with van der Waals surface area (Å²) in [6, 6.07) is 8.51. The number of hydrogen-bond acceptors (Lipinski definition) is 5. The average Bonchev–Trinajstić information content (AvgIpc) is 2.55. The molecule has 0 spiro atoms. The molecule has 0 bridgehead atoms. The maximum absolute atomic E-state index is 12.0. The zero-order valence-corrected chi connectivity index (χ0v) is 14.2. The molecule has 1 N–H and O–H groups in total. The number of esters is 1. The molecule has 0 saturated carbocycles. The van der Waals surface area contributed by atoms with Gasteiger partial charge in [0.25, 0.3) is 5.91 Å². The van der Waals surface area contributed by atoms with Crippen LogP contribution in [-0.4, -0.2) is 29.7 Å². The van der Waals surface area contributed by atoms with E-state index < -0.39 is 18.5 Å². The maximum Gasteiger partial charge on any atom is 0.341 e. The van der Waals surface area contributed by atoms with Gasteiger partial charge >= 0.3 is 5.97 Å². The molecule has 7 heteroatoms. The summed E-state index contributed by atoms with van der Waals surface area (Å²) in [6.07, 6.45) is 3.40. The fraction of sp³-hybridized carbons (Fsp3) is 0.188. The van der Waals surface area contributed by atoms with Crippen LogP contribution < -0.4 is 5.32 Å². The van der Waals surface area contributed by atoms with Crippen molar-refractivity contribution in [2.45, 2.75) is 11.9 Å². The number of pyridine rings is 1. The normalized spacial score (nSPS) is 10.2. The predicted molar refractivity (Wildman–Crippen MR) is 91.1 cm³/mol. The Morgan fingerprint density at radius 2 is 2.13 bits per heavy atom. The van der Waals surface area contributed by atoms with E-state index in [1.165, 1.54) is 11.8 Å².